The van der Waals surface area contributed by atoms with Crippen molar-refractivity contribution in [2.45, 2.75) is 30.2 Å². The molecule has 0 bridgehead atoms. The first kappa shape index (κ1) is 15.9. The third-order valence-electron chi connectivity index (χ3n) is 3.13. The average Bonchev–Trinajstić information content (AvgIpc) is 2.49. The third-order valence-corrected chi connectivity index (χ3v) is 4.25. The molecule has 2 nitrogen and oxygen atoms in total. The fraction of sp³-hybridized carbons (Fsp3) is 0.333. The molecule has 0 amide bonds. The van der Waals surface area contributed by atoms with Gasteiger partial charge >= 0.3 is 0 Å². The SMILES string of the molecule is COc1ccc(Sc2ccccc2CNCC(C)C)cc1. The molecule has 0 heterocycles. The van der Waals surface area contributed by atoms with Gasteiger partial charge in [-0.05, 0) is 48.4 Å². The quantitative estimate of drug-likeness (QED) is 0.808. The molecule has 0 aliphatic heterocycles. The van der Waals surface area contributed by atoms with Crippen LogP contribution in [-0.2, 0) is 6.54 Å². The first-order chi connectivity index (χ1) is 10.2. The van der Waals surface area contributed by atoms with Crippen molar-refractivity contribution >= 4 is 11.8 Å². The summed E-state index contributed by atoms with van der Waals surface area (Å²) < 4.78 is 5.20. The van der Waals surface area contributed by atoms with Crippen molar-refractivity contribution in [3.05, 3.63) is 54.1 Å². The van der Waals surface area contributed by atoms with Gasteiger partial charge in [0.05, 0.1) is 7.11 Å². The highest BCUT2D eigenvalue weighted by atomic mass is 32.2. The zero-order valence-electron chi connectivity index (χ0n) is 12.9. The summed E-state index contributed by atoms with van der Waals surface area (Å²) in [5.41, 5.74) is 1.35. The first-order valence-corrected chi connectivity index (χ1v) is 8.11. The Bertz CT molecular complexity index is 551. The van der Waals surface area contributed by atoms with Gasteiger partial charge in [-0.3, -0.25) is 0 Å². The van der Waals surface area contributed by atoms with Crippen molar-refractivity contribution in [3.63, 3.8) is 0 Å². The molecule has 21 heavy (non-hydrogen) atoms. The number of rotatable bonds is 7. The monoisotopic (exact) mass is 301 g/mol. The normalized spacial score (nSPS) is 10.9. The van der Waals surface area contributed by atoms with Crippen LogP contribution < -0.4 is 10.1 Å². The molecule has 3 heteroatoms. The maximum atomic E-state index is 5.20. The molecule has 0 radical (unpaired) electrons. The van der Waals surface area contributed by atoms with Crippen LogP contribution >= 0.6 is 11.8 Å². The summed E-state index contributed by atoms with van der Waals surface area (Å²) >= 11 is 1.80. The van der Waals surface area contributed by atoms with Crippen LogP contribution in [0.25, 0.3) is 0 Å². The molecule has 0 saturated carbocycles. The van der Waals surface area contributed by atoms with Crippen molar-refractivity contribution in [1.29, 1.82) is 0 Å². The van der Waals surface area contributed by atoms with E-state index in [1.54, 1.807) is 18.9 Å². The van der Waals surface area contributed by atoms with Crippen LogP contribution in [0.5, 0.6) is 5.75 Å². The van der Waals surface area contributed by atoms with Gasteiger partial charge in [-0.2, -0.15) is 0 Å². The zero-order chi connectivity index (χ0) is 15.1. The van der Waals surface area contributed by atoms with Crippen LogP contribution in [-0.4, -0.2) is 13.7 Å². The molecule has 0 fully saturated rings. The van der Waals surface area contributed by atoms with Crippen molar-refractivity contribution in [2.75, 3.05) is 13.7 Å². The van der Waals surface area contributed by atoms with Gasteiger partial charge in [0, 0.05) is 16.3 Å². The largest absolute Gasteiger partial charge is 0.497 e. The van der Waals surface area contributed by atoms with Gasteiger partial charge in [-0.25, -0.2) is 0 Å². The van der Waals surface area contributed by atoms with Gasteiger partial charge in [-0.1, -0.05) is 43.8 Å². The minimum absolute atomic E-state index is 0.673. The molecule has 0 aliphatic carbocycles. The summed E-state index contributed by atoms with van der Waals surface area (Å²) in [5, 5.41) is 3.51. The number of benzene rings is 2. The van der Waals surface area contributed by atoms with Gasteiger partial charge in [0.25, 0.3) is 0 Å². The van der Waals surface area contributed by atoms with Gasteiger partial charge < -0.3 is 10.1 Å². The summed E-state index contributed by atoms with van der Waals surface area (Å²) in [7, 11) is 1.69. The van der Waals surface area contributed by atoms with Crippen LogP contribution in [0.3, 0.4) is 0 Å². The highest BCUT2D eigenvalue weighted by molar-refractivity contribution is 7.99. The molecule has 0 saturated heterocycles. The molecule has 112 valence electrons. The van der Waals surface area contributed by atoms with E-state index in [0.29, 0.717) is 5.92 Å². The summed E-state index contributed by atoms with van der Waals surface area (Å²) in [6.07, 6.45) is 0. The van der Waals surface area contributed by atoms with Gasteiger partial charge in [0.1, 0.15) is 5.75 Å². The highest BCUT2D eigenvalue weighted by Gasteiger charge is 2.04. The van der Waals surface area contributed by atoms with E-state index in [4.69, 9.17) is 4.74 Å². The van der Waals surface area contributed by atoms with E-state index >= 15 is 0 Å². The Morgan fingerprint density at radius 1 is 1.05 bits per heavy atom. The zero-order valence-corrected chi connectivity index (χ0v) is 13.7. The van der Waals surface area contributed by atoms with Crippen molar-refractivity contribution < 1.29 is 4.74 Å². The standard InChI is InChI=1S/C18H23NOS/c1-14(2)12-19-13-15-6-4-5-7-18(15)21-17-10-8-16(20-3)9-11-17/h4-11,14,19H,12-13H2,1-3H3. The molecule has 2 aromatic carbocycles. The Hall–Kier alpha value is -1.45. The average molecular weight is 301 g/mol. The maximum Gasteiger partial charge on any atom is 0.118 e. The number of hydrogen-bond acceptors (Lipinski definition) is 3. The van der Waals surface area contributed by atoms with Crippen molar-refractivity contribution in [2.24, 2.45) is 5.92 Å². The summed E-state index contributed by atoms with van der Waals surface area (Å²) in [6, 6.07) is 16.8. The maximum absolute atomic E-state index is 5.20. The molecule has 2 aromatic rings. The molecular formula is C18H23NOS. The minimum atomic E-state index is 0.673. The van der Waals surface area contributed by atoms with Gasteiger partial charge in [-0.15, -0.1) is 0 Å². The van der Waals surface area contributed by atoms with E-state index in [9.17, 15) is 0 Å². The summed E-state index contributed by atoms with van der Waals surface area (Å²) in [6.45, 7) is 6.41. The third kappa shape index (κ3) is 5.10. The Balaban J connectivity index is 2.04. The van der Waals surface area contributed by atoms with Crippen LogP contribution in [0, 0.1) is 5.92 Å². The van der Waals surface area contributed by atoms with Crippen LogP contribution in [0.2, 0.25) is 0 Å². The predicted octanol–water partition coefficient (Wildman–Crippen LogP) is 4.59. The fourth-order valence-electron chi connectivity index (χ4n) is 2.02. The molecular weight excluding hydrogens is 278 g/mol. The number of methoxy groups -OCH3 is 1. The molecule has 0 spiro atoms. The Morgan fingerprint density at radius 3 is 2.43 bits per heavy atom. The lowest BCUT2D eigenvalue weighted by Crippen LogP contribution is -2.19. The van der Waals surface area contributed by atoms with Crippen LogP contribution in [0.15, 0.2) is 58.3 Å². The number of hydrogen-bond donors (Lipinski definition) is 1. The summed E-state index contributed by atoms with van der Waals surface area (Å²) in [4.78, 5) is 2.53. The topological polar surface area (TPSA) is 21.3 Å². The molecule has 1 N–H and O–H groups in total. The molecule has 0 aliphatic rings. The van der Waals surface area contributed by atoms with Crippen LogP contribution in [0.4, 0.5) is 0 Å². The molecule has 0 aromatic heterocycles. The lowest BCUT2D eigenvalue weighted by molar-refractivity contribution is 0.414. The minimum Gasteiger partial charge on any atom is -0.497 e. The van der Waals surface area contributed by atoms with Crippen LogP contribution in [0.1, 0.15) is 19.4 Å². The molecule has 0 atom stereocenters. The Labute approximate surface area is 131 Å². The van der Waals surface area contributed by atoms with Crippen molar-refractivity contribution in [1.82, 2.24) is 5.32 Å². The van der Waals surface area contributed by atoms with E-state index in [0.717, 1.165) is 18.8 Å². The molecule has 0 unspecified atom stereocenters. The Kier molecular flexibility index (Phi) is 6.15. The Morgan fingerprint density at radius 2 is 1.76 bits per heavy atom. The fourth-order valence-corrected chi connectivity index (χ4v) is 2.96. The van der Waals surface area contributed by atoms with E-state index in [1.165, 1.54) is 15.4 Å². The second-order valence-electron chi connectivity index (χ2n) is 5.41. The van der Waals surface area contributed by atoms with E-state index in [-0.39, 0.29) is 0 Å². The lowest BCUT2D eigenvalue weighted by Gasteiger charge is -2.12. The second-order valence-corrected chi connectivity index (χ2v) is 6.53. The lowest BCUT2D eigenvalue weighted by atomic mass is 10.2. The second kappa shape index (κ2) is 8.11. The van der Waals surface area contributed by atoms with Gasteiger partial charge in [0.2, 0.25) is 0 Å². The smallest absolute Gasteiger partial charge is 0.118 e. The predicted molar refractivity (Wildman–Crippen MR) is 90.1 cm³/mol. The van der Waals surface area contributed by atoms with E-state index in [1.807, 2.05) is 12.1 Å². The van der Waals surface area contributed by atoms with E-state index in [2.05, 4.69) is 55.6 Å². The van der Waals surface area contributed by atoms with E-state index < -0.39 is 0 Å². The van der Waals surface area contributed by atoms with Gasteiger partial charge in [0.15, 0.2) is 0 Å². The summed E-state index contributed by atoms with van der Waals surface area (Å²) in [5.74, 6) is 1.57. The first-order valence-electron chi connectivity index (χ1n) is 7.29. The number of ether oxygens (including phenoxy) is 1. The highest BCUT2D eigenvalue weighted by Crippen LogP contribution is 2.31. The molecule has 2 rings (SSSR count). The van der Waals surface area contributed by atoms with Crippen molar-refractivity contribution in [3.8, 4) is 5.75 Å². The number of nitrogens with one attached hydrogen (secondary N) is 1.